The van der Waals surface area contributed by atoms with Gasteiger partial charge in [0, 0.05) is 11.1 Å². The monoisotopic (exact) mass is 254 g/mol. The molecular weight excluding hydrogens is 240 g/mol. The van der Waals surface area contributed by atoms with Crippen LogP contribution in [0, 0.1) is 0 Å². The fourth-order valence-electron chi connectivity index (χ4n) is 1.76. The van der Waals surface area contributed by atoms with E-state index in [9.17, 15) is 9.59 Å². The van der Waals surface area contributed by atoms with E-state index in [1.165, 1.54) is 0 Å². The standard InChI is InChI=1S/C16H14O3/c1-12(16(18)14-7-3-2-4-8-14)19-15-9-5-6-13(10-15)11-17/h2-12H,1H3. The Hall–Kier alpha value is -2.42. The largest absolute Gasteiger partial charge is 0.483 e. The van der Waals surface area contributed by atoms with E-state index in [-0.39, 0.29) is 5.78 Å². The van der Waals surface area contributed by atoms with Crippen molar-refractivity contribution < 1.29 is 14.3 Å². The zero-order valence-electron chi connectivity index (χ0n) is 10.6. The van der Waals surface area contributed by atoms with E-state index in [0.29, 0.717) is 16.9 Å². The number of Topliss-reactive ketones (excluding diaryl/α,β-unsaturated/α-hetero) is 1. The van der Waals surface area contributed by atoms with Crippen molar-refractivity contribution in [3.63, 3.8) is 0 Å². The minimum absolute atomic E-state index is 0.0860. The van der Waals surface area contributed by atoms with Crippen molar-refractivity contribution in [1.82, 2.24) is 0 Å². The molecule has 0 aliphatic heterocycles. The average molecular weight is 254 g/mol. The Labute approximate surface area is 111 Å². The van der Waals surface area contributed by atoms with Crippen molar-refractivity contribution in [3.8, 4) is 5.75 Å². The minimum Gasteiger partial charge on any atom is -0.483 e. The lowest BCUT2D eigenvalue weighted by Crippen LogP contribution is -2.23. The molecule has 0 bridgehead atoms. The molecule has 0 radical (unpaired) electrons. The molecule has 3 heteroatoms. The van der Waals surface area contributed by atoms with Gasteiger partial charge in [0.1, 0.15) is 12.0 Å². The maximum Gasteiger partial charge on any atom is 0.202 e. The number of rotatable bonds is 5. The summed E-state index contributed by atoms with van der Waals surface area (Å²) in [5.74, 6) is 0.429. The van der Waals surface area contributed by atoms with Gasteiger partial charge in [-0.1, -0.05) is 42.5 Å². The Morgan fingerprint density at radius 1 is 1.11 bits per heavy atom. The maximum absolute atomic E-state index is 12.1. The van der Waals surface area contributed by atoms with Gasteiger partial charge in [-0.2, -0.15) is 0 Å². The molecule has 0 amide bonds. The fraction of sp³-hybridized carbons (Fsp3) is 0.125. The van der Waals surface area contributed by atoms with E-state index in [1.807, 2.05) is 18.2 Å². The molecule has 0 saturated heterocycles. The van der Waals surface area contributed by atoms with Crippen molar-refractivity contribution in [1.29, 1.82) is 0 Å². The third-order valence-corrected chi connectivity index (χ3v) is 2.73. The molecule has 96 valence electrons. The second-order valence-corrected chi connectivity index (χ2v) is 4.18. The SMILES string of the molecule is CC(Oc1cccc(C=O)c1)C(=O)c1ccccc1. The molecule has 19 heavy (non-hydrogen) atoms. The van der Waals surface area contributed by atoms with E-state index >= 15 is 0 Å². The predicted molar refractivity (Wildman–Crippen MR) is 72.7 cm³/mol. The van der Waals surface area contributed by atoms with Crippen LogP contribution in [0.4, 0.5) is 0 Å². The second kappa shape index (κ2) is 5.96. The van der Waals surface area contributed by atoms with Crippen molar-refractivity contribution in [3.05, 3.63) is 65.7 Å². The van der Waals surface area contributed by atoms with Gasteiger partial charge >= 0.3 is 0 Å². The van der Waals surface area contributed by atoms with Gasteiger partial charge in [-0.15, -0.1) is 0 Å². The van der Waals surface area contributed by atoms with Crippen molar-refractivity contribution in [2.75, 3.05) is 0 Å². The molecule has 2 aromatic rings. The lowest BCUT2D eigenvalue weighted by molar-refractivity contribution is 0.0818. The maximum atomic E-state index is 12.1. The van der Waals surface area contributed by atoms with Crippen LogP contribution < -0.4 is 4.74 Å². The molecule has 1 atom stereocenters. The van der Waals surface area contributed by atoms with Crippen LogP contribution in [-0.4, -0.2) is 18.2 Å². The first-order chi connectivity index (χ1) is 9.20. The molecule has 0 aliphatic rings. The van der Waals surface area contributed by atoms with Crippen LogP contribution in [-0.2, 0) is 0 Å². The smallest absolute Gasteiger partial charge is 0.202 e. The molecule has 0 N–H and O–H groups in total. The summed E-state index contributed by atoms with van der Waals surface area (Å²) >= 11 is 0. The molecule has 0 aliphatic carbocycles. The van der Waals surface area contributed by atoms with E-state index in [4.69, 9.17) is 4.74 Å². The lowest BCUT2D eigenvalue weighted by atomic mass is 10.1. The van der Waals surface area contributed by atoms with Crippen LogP contribution in [0.3, 0.4) is 0 Å². The topological polar surface area (TPSA) is 43.4 Å². The summed E-state index contributed by atoms with van der Waals surface area (Å²) in [7, 11) is 0. The van der Waals surface area contributed by atoms with E-state index in [1.54, 1.807) is 43.3 Å². The van der Waals surface area contributed by atoms with Gasteiger partial charge in [-0.05, 0) is 19.1 Å². The zero-order valence-corrected chi connectivity index (χ0v) is 10.6. The number of ketones is 1. The van der Waals surface area contributed by atoms with Gasteiger partial charge in [0.05, 0.1) is 0 Å². The molecule has 2 rings (SSSR count). The van der Waals surface area contributed by atoms with Crippen LogP contribution in [0.15, 0.2) is 54.6 Å². The Bertz CT molecular complexity index is 576. The normalized spacial score (nSPS) is 11.6. The molecular formula is C16H14O3. The number of benzene rings is 2. The summed E-state index contributed by atoms with van der Waals surface area (Å²) in [6, 6.07) is 15.7. The van der Waals surface area contributed by atoms with Gasteiger partial charge in [0.25, 0.3) is 0 Å². The van der Waals surface area contributed by atoms with E-state index in [2.05, 4.69) is 0 Å². The minimum atomic E-state index is -0.593. The Morgan fingerprint density at radius 2 is 1.84 bits per heavy atom. The first-order valence-electron chi connectivity index (χ1n) is 6.02. The van der Waals surface area contributed by atoms with Gasteiger partial charge in [-0.25, -0.2) is 0 Å². The highest BCUT2D eigenvalue weighted by Gasteiger charge is 2.16. The Morgan fingerprint density at radius 3 is 2.53 bits per heavy atom. The van der Waals surface area contributed by atoms with Gasteiger partial charge in [-0.3, -0.25) is 9.59 Å². The van der Waals surface area contributed by atoms with Gasteiger partial charge in [0.2, 0.25) is 5.78 Å². The van der Waals surface area contributed by atoms with E-state index in [0.717, 1.165) is 6.29 Å². The quantitative estimate of drug-likeness (QED) is 0.608. The molecule has 0 fully saturated rings. The predicted octanol–water partition coefficient (Wildman–Crippen LogP) is 3.15. The third kappa shape index (κ3) is 3.28. The summed E-state index contributed by atoms with van der Waals surface area (Å²) in [6.45, 7) is 1.70. The molecule has 0 aromatic heterocycles. The van der Waals surface area contributed by atoms with Gasteiger partial charge < -0.3 is 4.74 Å². The van der Waals surface area contributed by atoms with Crippen LogP contribution in [0.25, 0.3) is 0 Å². The van der Waals surface area contributed by atoms with Crippen molar-refractivity contribution in [2.24, 2.45) is 0 Å². The fourth-order valence-corrected chi connectivity index (χ4v) is 1.76. The summed E-state index contributed by atoms with van der Waals surface area (Å²) < 4.78 is 5.56. The van der Waals surface area contributed by atoms with Crippen LogP contribution >= 0.6 is 0 Å². The molecule has 3 nitrogen and oxygen atoms in total. The summed E-state index contributed by atoms with van der Waals surface area (Å²) in [5, 5.41) is 0. The highest BCUT2D eigenvalue weighted by Crippen LogP contribution is 2.15. The Kier molecular flexibility index (Phi) is 4.08. The molecule has 2 aromatic carbocycles. The van der Waals surface area contributed by atoms with Gasteiger partial charge in [0.15, 0.2) is 6.10 Å². The first kappa shape index (κ1) is 13.0. The molecule has 1 unspecified atom stereocenters. The number of carbonyl (C=O) groups excluding carboxylic acids is 2. The van der Waals surface area contributed by atoms with Crippen LogP contribution in [0.5, 0.6) is 5.75 Å². The summed E-state index contributed by atoms with van der Waals surface area (Å²) in [4.78, 5) is 22.8. The Balaban J connectivity index is 2.10. The number of ether oxygens (including phenoxy) is 1. The molecule has 0 saturated carbocycles. The number of carbonyl (C=O) groups is 2. The average Bonchev–Trinajstić information content (AvgIpc) is 2.47. The highest BCUT2D eigenvalue weighted by atomic mass is 16.5. The summed E-state index contributed by atoms with van der Waals surface area (Å²) in [6.07, 6.45) is 0.153. The van der Waals surface area contributed by atoms with Crippen LogP contribution in [0.2, 0.25) is 0 Å². The zero-order chi connectivity index (χ0) is 13.7. The number of aldehydes is 1. The van der Waals surface area contributed by atoms with Crippen LogP contribution in [0.1, 0.15) is 27.6 Å². The first-order valence-corrected chi connectivity index (χ1v) is 6.02. The second-order valence-electron chi connectivity index (χ2n) is 4.18. The van der Waals surface area contributed by atoms with Crippen molar-refractivity contribution >= 4 is 12.1 Å². The molecule has 0 heterocycles. The molecule has 0 spiro atoms. The number of hydrogen-bond acceptors (Lipinski definition) is 3. The van der Waals surface area contributed by atoms with Crippen molar-refractivity contribution in [2.45, 2.75) is 13.0 Å². The third-order valence-electron chi connectivity index (χ3n) is 2.73. The highest BCUT2D eigenvalue weighted by molar-refractivity contribution is 5.99. The van der Waals surface area contributed by atoms with E-state index < -0.39 is 6.10 Å². The number of hydrogen-bond donors (Lipinski definition) is 0. The summed E-state index contributed by atoms with van der Waals surface area (Å²) in [5.41, 5.74) is 1.14. The lowest BCUT2D eigenvalue weighted by Gasteiger charge is -2.13.